The third-order valence-electron chi connectivity index (χ3n) is 4.07. The number of methoxy groups -OCH3 is 2. The van der Waals surface area contributed by atoms with Gasteiger partial charge in [-0.25, -0.2) is 0 Å². The van der Waals surface area contributed by atoms with Crippen LogP contribution in [0.5, 0.6) is 0 Å². The number of ether oxygens (including phenoxy) is 2. The molecule has 2 unspecified atom stereocenters. The molecule has 2 atom stereocenters. The van der Waals surface area contributed by atoms with Gasteiger partial charge < -0.3 is 14.4 Å². The molecule has 1 fully saturated rings. The van der Waals surface area contributed by atoms with E-state index < -0.39 is 0 Å². The molecule has 0 heterocycles. The van der Waals surface area contributed by atoms with E-state index in [9.17, 15) is 9.59 Å². The average Bonchev–Trinajstić information content (AvgIpc) is 3.34. The minimum atomic E-state index is -0.306. The van der Waals surface area contributed by atoms with E-state index >= 15 is 0 Å². The van der Waals surface area contributed by atoms with Crippen LogP contribution in [0.25, 0.3) is 0 Å². The molecule has 1 aliphatic carbocycles. The lowest BCUT2D eigenvalue weighted by molar-refractivity contribution is -0.142. The van der Waals surface area contributed by atoms with Crippen LogP contribution in [-0.2, 0) is 19.1 Å². The molecule has 1 aromatic rings. The standard InChI is InChI=1S/C17H22BrNO4/c1-22-9-8-19(7-6-16(20)23-2)17(21)15-11-14(15)12-4-3-5-13(18)10-12/h3-5,10,14-15H,6-9,11H2,1-2H3. The maximum absolute atomic E-state index is 12.7. The van der Waals surface area contributed by atoms with Crippen LogP contribution >= 0.6 is 15.9 Å². The molecule has 1 aromatic carbocycles. The van der Waals surface area contributed by atoms with E-state index in [4.69, 9.17) is 4.74 Å². The molecule has 1 saturated carbocycles. The van der Waals surface area contributed by atoms with E-state index in [0.717, 1.165) is 10.9 Å². The molecule has 6 heteroatoms. The summed E-state index contributed by atoms with van der Waals surface area (Å²) in [5.74, 6) is 0.0532. The predicted molar refractivity (Wildman–Crippen MR) is 90.1 cm³/mol. The Kier molecular flexibility index (Phi) is 6.59. The first-order chi connectivity index (χ1) is 11.1. The fourth-order valence-electron chi connectivity index (χ4n) is 2.67. The van der Waals surface area contributed by atoms with E-state index in [1.54, 1.807) is 12.0 Å². The fraction of sp³-hybridized carbons (Fsp3) is 0.529. The lowest BCUT2D eigenvalue weighted by atomic mass is 10.1. The van der Waals surface area contributed by atoms with Crippen molar-refractivity contribution in [1.29, 1.82) is 0 Å². The van der Waals surface area contributed by atoms with Gasteiger partial charge in [-0.3, -0.25) is 9.59 Å². The van der Waals surface area contributed by atoms with E-state index in [0.29, 0.717) is 19.7 Å². The van der Waals surface area contributed by atoms with Gasteiger partial charge in [-0.05, 0) is 30.0 Å². The Morgan fingerprint density at radius 3 is 2.74 bits per heavy atom. The van der Waals surface area contributed by atoms with Gasteiger partial charge in [0.05, 0.1) is 20.1 Å². The lowest BCUT2D eigenvalue weighted by Gasteiger charge is -2.22. The summed E-state index contributed by atoms with van der Waals surface area (Å²) in [4.78, 5) is 25.7. The second-order valence-electron chi connectivity index (χ2n) is 5.65. The quantitative estimate of drug-likeness (QED) is 0.647. The third kappa shape index (κ3) is 5.04. The highest BCUT2D eigenvalue weighted by atomic mass is 79.9. The molecule has 23 heavy (non-hydrogen) atoms. The second-order valence-corrected chi connectivity index (χ2v) is 6.56. The molecule has 0 spiro atoms. The normalized spacial score (nSPS) is 19.3. The van der Waals surface area contributed by atoms with Gasteiger partial charge in [0, 0.05) is 30.6 Å². The maximum atomic E-state index is 12.7. The molecule has 2 rings (SSSR count). The summed E-state index contributed by atoms with van der Waals surface area (Å²) in [6, 6.07) is 8.08. The van der Waals surface area contributed by atoms with Crippen molar-refractivity contribution in [2.45, 2.75) is 18.8 Å². The first-order valence-electron chi connectivity index (χ1n) is 7.66. The van der Waals surface area contributed by atoms with Crippen LogP contribution in [0, 0.1) is 5.92 Å². The van der Waals surface area contributed by atoms with Crippen molar-refractivity contribution in [3.8, 4) is 0 Å². The Balaban J connectivity index is 1.96. The van der Waals surface area contributed by atoms with E-state index in [1.165, 1.54) is 12.7 Å². The first-order valence-corrected chi connectivity index (χ1v) is 8.46. The number of halogens is 1. The summed E-state index contributed by atoms with van der Waals surface area (Å²) in [5.41, 5.74) is 1.18. The van der Waals surface area contributed by atoms with Crippen molar-refractivity contribution < 1.29 is 19.1 Å². The zero-order valence-electron chi connectivity index (χ0n) is 13.5. The molecular weight excluding hydrogens is 362 g/mol. The van der Waals surface area contributed by atoms with E-state index in [1.807, 2.05) is 12.1 Å². The average molecular weight is 384 g/mol. The van der Waals surface area contributed by atoms with Crippen molar-refractivity contribution in [3.63, 3.8) is 0 Å². The number of benzene rings is 1. The summed E-state index contributed by atoms with van der Waals surface area (Å²) >= 11 is 3.46. The highest BCUT2D eigenvalue weighted by molar-refractivity contribution is 9.10. The maximum Gasteiger partial charge on any atom is 0.307 e. The monoisotopic (exact) mass is 383 g/mol. The van der Waals surface area contributed by atoms with Gasteiger partial charge in [0.15, 0.2) is 0 Å². The Bertz CT molecular complexity index is 563. The van der Waals surface area contributed by atoms with Gasteiger partial charge in [0.2, 0.25) is 5.91 Å². The van der Waals surface area contributed by atoms with Crippen molar-refractivity contribution in [3.05, 3.63) is 34.3 Å². The second kappa shape index (κ2) is 8.45. The summed E-state index contributed by atoms with van der Waals surface area (Å²) in [5, 5.41) is 0. The van der Waals surface area contributed by atoms with Crippen molar-refractivity contribution >= 4 is 27.8 Å². The van der Waals surface area contributed by atoms with Crippen LogP contribution < -0.4 is 0 Å². The molecule has 0 bridgehead atoms. The number of carbonyl (C=O) groups excluding carboxylic acids is 2. The van der Waals surface area contributed by atoms with E-state index in [2.05, 4.69) is 32.8 Å². The molecule has 0 N–H and O–H groups in total. The summed E-state index contributed by atoms with van der Waals surface area (Å²) in [6.45, 7) is 1.33. The van der Waals surface area contributed by atoms with Gasteiger partial charge >= 0.3 is 5.97 Å². The highest BCUT2D eigenvalue weighted by Gasteiger charge is 2.45. The van der Waals surface area contributed by atoms with Crippen LogP contribution in [0.15, 0.2) is 28.7 Å². The van der Waals surface area contributed by atoms with Gasteiger partial charge in [0.25, 0.3) is 0 Å². The zero-order valence-corrected chi connectivity index (χ0v) is 15.0. The molecule has 126 valence electrons. The van der Waals surface area contributed by atoms with Gasteiger partial charge in [0.1, 0.15) is 0 Å². The first kappa shape index (κ1) is 17.9. The van der Waals surface area contributed by atoms with Gasteiger partial charge in [-0.2, -0.15) is 0 Å². The van der Waals surface area contributed by atoms with Crippen molar-refractivity contribution in [2.24, 2.45) is 5.92 Å². The number of hydrogen-bond donors (Lipinski definition) is 0. The minimum Gasteiger partial charge on any atom is -0.469 e. The molecule has 0 aromatic heterocycles. The number of carbonyl (C=O) groups is 2. The lowest BCUT2D eigenvalue weighted by Crippen LogP contribution is -2.37. The molecule has 0 saturated heterocycles. The molecule has 5 nitrogen and oxygen atoms in total. The molecule has 1 amide bonds. The number of nitrogens with zero attached hydrogens (tertiary/aromatic N) is 1. The number of rotatable bonds is 8. The summed E-state index contributed by atoms with van der Waals surface area (Å²) in [6.07, 6.45) is 1.07. The van der Waals surface area contributed by atoms with Crippen LogP contribution in [0.1, 0.15) is 24.3 Å². The minimum absolute atomic E-state index is 0.00111. The Hall–Kier alpha value is -1.40. The Labute approximate surface area is 145 Å². The Morgan fingerprint density at radius 1 is 1.30 bits per heavy atom. The largest absolute Gasteiger partial charge is 0.469 e. The molecule has 1 aliphatic rings. The molecule has 0 aliphatic heterocycles. The van der Waals surface area contributed by atoms with Crippen LogP contribution in [-0.4, -0.2) is 50.7 Å². The zero-order chi connectivity index (χ0) is 16.8. The predicted octanol–water partition coefficient (Wildman–Crippen LogP) is 2.59. The van der Waals surface area contributed by atoms with E-state index in [-0.39, 0.29) is 30.1 Å². The molecular formula is C17H22BrNO4. The van der Waals surface area contributed by atoms with Gasteiger partial charge in [-0.15, -0.1) is 0 Å². The number of amides is 1. The van der Waals surface area contributed by atoms with Gasteiger partial charge in [-0.1, -0.05) is 28.1 Å². The topological polar surface area (TPSA) is 55.8 Å². The highest BCUT2D eigenvalue weighted by Crippen LogP contribution is 2.48. The number of esters is 1. The molecule has 0 radical (unpaired) electrons. The van der Waals surface area contributed by atoms with Crippen LogP contribution in [0.2, 0.25) is 0 Å². The SMILES string of the molecule is COCCN(CCC(=O)OC)C(=O)C1CC1c1cccc(Br)c1. The van der Waals surface area contributed by atoms with Crippen LogP contribution in [0.3, 0.4) is 0 Å². The fourth-order valence-corrected chi connectivity index (χ4v) is 3.09. The summed E-state index contributed by atoms with van der Waals surface area (Å²) in [7, 11) is 2.96. The smallest absolute Gasteiger partial charge is 0.307 e. The van der Waals surface area contributed by atoms with Crippen molar-refractivity contribution in [1.82, 2.24) is 4.90 Å². The summed E-state index contributed by atoms with van der Waals surface area (Å²) < 4.78 is 10.7. The third-order valence-corrected chi connectivity index (χ3v) is 4.57. The van der Waals surface area contributed by atoms with Crippen LogP contribution in [0.4, 0.5) is 0 Å². The number of hydrogen-bond acceptors (Lipinski definition) is 4. The van der Waals surface area contributed by atoms with Crippen molar-refractivity contribution in [2.75, 3.05) is 33.9 Å². The Morgan fingerprint density at radius 2 is 2.09 bits per heavy atom.